The highest BCUT2D eigenvalue weighted by Gasteiger charge is 2.49. The van der Waals surface area contributed by atoms with Gasteiger partial charge in [0.15, 0.2) is 0 Å². The van der Waals surface area contributed by atoms with E-state index in [0.29, 0.717) is 11.4 Å². The minimum Gasteiger partial charge on any atom is -0.319 e. The number of benzene rings is 1. The van der Waals surface area contributed by atoms with Gasteiger partial charge in [0.25, 0.3) is 5.91 Å². The van der Waals surface area contributed by atoms with Crippen molar-refractivity contribution in [2.45, 2.75) is 50.6 Å². The third-order valence-electron chi connectivity index (χ3n) is 5.86. The number of nitrogens with one attached hydrogen (secondary N) is 2. The molecule has 1 saturated carbocycles. The minimum absolute atomic E-state index is 0.238. The van der Waals surface area contributed by atoms with Gasteiger partial charge < -0.3 is 10.6 Å². The molecule has 0 radical (unpaired) electrons. The largest absolute Gasteiger partial charge is 0.325 e. The van der Waals surface area contributed by atoms with E-state index in [0.717, 1.165) is 30.6 Å². The molecule has 1 aromatic heterocycles. The number of imide groups is 1. The Labute approximate surface area is 173 Å². The average Bonchev–Trinajstić information content (AvgIpc) is 3.28. The fourth-order valence-electron chi connectivity index (χ4n) is 4.18. The van der Waals surface area contributed by atoms with E-state index in [1.54, 1.807) is 12.3 Å². The van der Waals surface area contributed by atoms with Gasteiger partial charge in [0, 0.05) is 6.07 Å². The molecule has 2 heterocycles. The van der Waals surface area contributed by atoms with E-state index in [1.165, 1.54) is 37.6 Å². The van der Waals surface area contributed by atoms with E-state index in [-0.39, 0.29) is 6.04 Å². The molecule has 0 bridgehead atoms. The monoisotopic (exact) mass is 413 g/mol. The van der Waals surface area contributed by atoms with Crippen LogP contribution in [0.5, 0.6) is 0 Å². The van der Waals surface area contributed by atoms with Crippen LogP contribution in [-0.2, 0) is 15.1 Å². The lowest BCUT2D eigenvalue weighted by molar-refractivity contribution is -0.133. The first-order valence-corrected chi connectivity index (χ1v) is 10.1. The summed E-state index contributed by atoms with van der Waals surface area (Å²) in [4.78, 5) is 38.8. The number of hydrogen-bond acceptors (Lipinski definition) is 4. The number of urea groups is 1. The molecule has 4 amide bonds. The molecule has 1 saturated heterocycles. The fourth-order valence-corrected chi connectivity index (χ4v) is 4.18. The van der Waals surface area contributed by atoms with Crippen LogP contribution >= 0.6 is 0 Å². The number of halogens is 1. The van der Waals surface area contributed by atoms with E-state index in [9.17, 15) is 18.8 Å². The highest BCUT2D eigenvalue weighted by Crippen LogP contribution is 2.31. The van der Waals surface area contributed by atoms with Crippen molar-refractivity contribution >= 4 is 23.7 Å². The summed E-state index contributed by atoms with van der Waals surface area (Å²) < 4.78 is 15.0. The number of anilines is 1. The van der Waals surface area contributed by atoms with Gasteiger partial charge in [0.1, 0.15) is 23.7 Å². The molecule has 2 aliphatic rings. The lowest BCUT2D eigenvalue weighted by Crippen LogP contribution is -2.42. The fraction of sp³-hybridized carbons (Fsp3) is 0.429. The van der Waals surface area contributed by atoms with Crippen LogP contribution in [0.1, 0.15) is 50.6 Å². The normalized spacial score (nSPS) is 22.3. The molecule has 1 atom stereocenters. The molecular formula is C21H24FN5O3. The van der Waals surface area contributed by atoms with E-state index in [2.05, 4.69) is 15.7 Å². The molecule has 1 aliphatic carbocycles. The smallest absolute Gasteiger partial charge is 0.319 e. The number of carbonyl (C=O) groups excluding carboxylic acids is 3. The zero-order valence-corrected chi connectivity index (χ0v) is 16.7. The van der Waals surface area contributed by atoms with Crippen molar-refractivity contribution in [3.05, 3.63) is 47.9 Å². The lowest BCUT2D eigenvalue weighted by Gasteiger charge is -2.24. The second kappa shape index (κ2) is 7.89. The number of carbonyl (C=O) groups is 3. The van der Waals surface area contributed by atoms with E-state index < -0.39 is 35.7 Å². The second-order valence-electron chi connectivity index (χ2n) is 7.95. The molecule has 30 heavy (non-hydrogen) atoms. The van der Waals surface area contributed by atoms with Gasteiger partial charge in [-0.15, -0.1) is 0 Å². The Morgan fingerprint density at radius 1 is 1.20 bits per heavy atom. The Morgan fingerprint density at radius 2 is 1.90 bits per heavy atom. The number of aromatic nitrogens is 2. The highest BCUT2D eigenvalue weighted by atomic mass is 19.1. The Kier molecular flexibility index (Phi) is 5.27. The molecule has 0 spiro atoms. The summed E-state index contributed by atoms with van der Waals surface area (Å²) in [7, 11) is 0. The Hall–Kier alpha value is -3.23. The topological polar surface area (TPSA) is 96.3 Å². The number of amides is 4. The van der Waals surface area contributed by atoms with E-state index in [1.807, 2.05) is 4.68 Å². The van der Waals surface area contributed by atoms with Gasteiger partial charge in [-0.1, -0.05) is 31.4 Å². The molecule has 9 heteroatoms. The zero-order chi connectivity index (χ0) is 21.3. The Balaban J connectivity index is 1.45. The second-order valence-corrected chi connectivity index (χ2v) is 7.95. The summed E-state index contributed by atoms with van der Waals surface area (Å²) in [5.74, 6) is -0.931. The summed E-state index contributed by atoms with van der Waals surface area (Å²) >= 11 is 0. The van der Waals surface area contributed by atoms with Gasteiger partial charge in [-0.3, -0.25) is 14.5 Å². The first-order valence-electron chi connectivity index (χ1n) is 10.1. The molecule has 1 aliphatic heterocycles. The van der Waals surface area contributed by atoms with Crippen molar-refractivity contribution in [2.24, 2.45) is 0 Å². The molecule has 8 nitrogen and oxygen atoms in total. The zero-order valence-electron chi connectivity index (χ0n) is 16.7. The van der Waals surface area contributed by atoms with Crippen LogP contribution in [0.3, 0.4) is 0 Å². The molecule has 158 valence electrons. The van der Waals surface area contributed by atoms with Crippen LogP contribution in [0, 0.1) is 5.82 Å². The van der Waals surface area contributed by atoms with E-state index >= 15 is 0 Å². The van der Waals surface area contributed by atoms with Crippen molar-refractivity contribution in [1.29, 1.82) is 0 Å². The minimum atomic E-state index is -1.35. The van der Waals surface area contributed by atoms with Crippen molar-refractivity contribution in [1.82, 2.24) is 20.0 Å². The third kappa shape index (κ3) is 3.67. The number of nitrogens with zero attached hydrogens (tertiary/aromatic N) is 3. The summed E-state index contributed by atoms with van der Waals surface area (Å²) in [5.41, 5.74) is -0.907. The first kappa shape index (κ1) is 20.1. The molecule has 2 fully saturated rings. The summed E-state index contributed by atoms with van der Waals surface area (Å²) in [5, 5.41) is 9.72. The van der Waals surface area contributed by atoms with Crippen LogP contribution in [0.15, 0.2) is 36.5 Å². The maximum atomic E-state index is 13.2. The predicted octanol–water partition coefficient (Wildman–Crippen LogP) is 2.93. The van der Waals surface area contributed by atoms with Gasteiger partial charge in [0.2, 0.25) is 5.91 Å². The van der Waals surface area contributed by atoms with Crippen LogP contribution in [0.2, 0.25) is 0 Å². The Bertz CT molecular complexity index is 967. The van der Waals surface area contributed by atoms with Gasteiger partial charge in [-0.2, -0.15) is 5.10 Å². The average molecular weight is 413 g/mol. The third-order valence-corrected chi connectivity index (χ3v) is 5.86. The van der Waals surface area contributed by atoms with Crippen molar-refractivity contribution < 1.29 is 18.8 Å². The SMILES string of the molecule is CC1(c2ccc(F)cc2)NC(=O)N(CC(=O)Nc2ccnn2C2CCCCC2)C1=O. The maximum absolute atomic E-state index is 13.2. The van der Waals surface area contributed by atoms with Crippen LogP contribution < -0.4 is 10.6 Å². The summed E-state index contributed by atoms with van der Waals surface area (Å²) in [6.07, 6.45) is 7.11. The van der Waals surface area contributed by atoms with Gasteiger partial charge >= 0.3 is 6.03 Å². The standard InChI is InChI=1S/C21H24FN5O3/c1-21(14-7-9-15(22)10-8-14)19(29)26(20(30)25-21)13-18(28)24-17-11-12-23-27(17)16-5-3-2-4-6-16/h7-12,16H,2-6,13H2,1H3,(H,24,28)(H,25,30). The molecular weight excluding hydrogens is 389 g/mol. The number of rotatable bonds is 5. The van der Waals surface area contributed by atoms with Crippen LogP contribution in [0.4, 0.5) is 15.0 Å². The molecule has 2 N–H and O–H groups in total. The van der Waals surface area contributed by atoms with Crippen molar-refractivity contribution in [3.63, 3.8) is 0 Å². The quantitative estimate of drug-likeness (QED) is 0.737. The van der Waals surface area contributed by atoms with Gasteiger partial charge in [-0.05, 0) is 37.5 Å². The lowest BCUT2D eigenvalue weighted by atomic mass is 9.92. The molecule has 4 rings (SSSR count). The predicted molar refractivity (Wildman–Crippen MR) is 107 cm³/mol. The van der Waals surface area contributed by atoms with Crippen molar-refractivity contribution in [3.8, 4) is 0 Å². The van der Waals surface area contributed by atoms with Gasteiger partial charge in [0.05, 0.1) is 12.2 Å². The first-order chi connectivity index (χ1) is 14.4. The number of hydrogen-bond donors (Lipinski definition) is 2. The van der Waals surface area contributed by atoms with Crippen LogP contribution in [0.25, 0.3) is 0 Å². The maximum Gasteiger partial charge on any atom is 0.325 e. The molecule has 2 aromatic rings. The molecule has 1 unspecified atom stereocenters. The Morgan fingerprint density at radius 3 is 2.60 bits per heavy atom. The van der Waals surface area contributed by atoms with Crippen LogP contribution in [-0.4, -0.2) is 39.1 Å². The van der Waals surface area contributed by atoms with Crippen molar-refractivity contribution in [2.75, 3.05) is 11.9 Å². The highest BCUT2D eigenvalue weighted by molar-refractivity contribution is 6.10. The summed E-state index contributed by atoms with van der Waals surface area (Å²) in [6, 6.07) is 6.62. The van der Waals surface area contributed by atoms with Gasteiger partial charge in [-0.25, -0.2) is 13.9 Å². The molecule has 1 aromatic carbocycles. The summed E-state index contributed by atoms with van der Waals surface area (Å²) in [6.45, 7) is 1.12. The van der Waals surface area contributed by atoms with E-state index in [4.69, 9.17) is 0 Å².